The number of carbonyl (C=O) groups is 2. The number of nitrogens with zero attached hydrogens (tertiary/aromatic N) is 1. The summed E-state index contributed by atoms with van der Waals surface area (Å²) >= 11 is 0. The van der Waals surface area contributed by atoms with Crippen molar-refractivity contribution in [3.8, 4) is 5.75 Å². The van der Waals surface area contributed by atoms with Crippen molar-refractivity contribution in [2.45, 2.75) is 52.2 Å². The first-order valence-corrected chi connectivity index (χ1v) is 10.3. The molecule has 5 heteroatoms. The highest BCUT2D eigenvalue weighted by atomic mass is 16.5. The van der Waals surface area contributed by atoms with Crippen molar-refractivity contribution in [1.29, 1.82) is 0 Å². The van der Waals surface area contributed by atoms with Gasteiger partial charge in [-0.05, 0) is 55.9 Å². The van der Waals surface area contributed by atoms with Crippen LogP contribution in [0.15, 0.2) is 54.6 Å². The van der Waals surface area contributed by atoms with Crippen LogP contribution < -0.4 is 0 Å². The Morgan fingerprint density at radius 3 is 2.10 bits per heavy atom. The summed E-state index contributed by atoms with van der Waals surface area (Å²) in [5.74, 6) is -0.661. The monoisotopic (exact) mass is 397 g/mol. The molecule has 0 aliphatic carbocycles. The van der Waals surface area contributed by atoms with E-state index >= 15 is 0 Å². The van der Waals surface area contributed by atoms with Crippen molar-refractivity contribution >= 4 is 11.8 Å². The first-order chi connectivity index (χ1) is 14.0. The topological polar surface area (TPSA) is 66.8 Å². The van der Waals surface area contributed by atoms with Crippen LogP contribution in [0.1, 0.15) is 60.7 Å². The second kappa shape index (κ2) is 11.4. The van der Waals surface area contributed by atoms with Crippen LogP contribution in [-0.4, -0.2) is 47.0 Å². The van der Waals surface area contributed by atoms with Crippen LogP contribution in [-0.2, 0) is 4.74 Å². The van der Waals surface area contributed by atoms with Gasteiger partial charge in [0, 0.05) is 18.0 Å². The fraction of sp³-hybridized carbons (Fsp3) is 0.417. The van der Waals surface area contributed by atoms with Gasteiger partial charge in [0.25, 0.3) is 0 Å². The van der Waals surface area contributed by atoms with E-state index in [1.807, 2.05) is 6.07 Å². The minimum Gasteiger partial charge on any atom is -0.508 e. The number of esters is 1. The number of rotatable bonds is 11. The molecule has 0 heterocycles. The molecule has 0 aliphatic rings. The average Bonchev–Trinajstić information content (AvgIpc) is 2.74. The summed E-state index contributed by atoms with van der Waals surface area (Å²) in [4.78, 5) is 28.2. The SMILES string of the molecule is CCCC(CC(OC(=O)c1ccccc1)C(=O)c1ccc(O)cc1)N(CC)CC. The molecule has 0 saturated heterocycles. The Bertz CT molecular complexity index is 769. The molecule has 0 bridgehead atoms. The molecule has 2 rings (SSSR count). The number of carbonyl (C=O) groups excluding carboxylic acids is 2. The molecule has 0 radical (unpaired) electrons. The lowest BCUT2D eigenvalue weighted by atomic mass is 9.96. The molecule has 0 spiro atoms. The van der Waals surface area contributed by atoms with Crippen LogP contribution in [0, 0.1) is 0 Å². The second-order valence-corrected chi connectivity index (χ2v) is 7.07. The molecule has 0 aliphatic heterocycles. The van der Waals surface area contributed by atoms with Gasteiger partial charge < -0.3 is 14.7 Å². The number of phenols is 1. The fourth-order valence-electron chi connectivity index (χ4n) is 3.56. The summed E-state index contributed by atoms with van der Waals surface area (Å²) in [6.45, 7) is 8.04. The van der Waals surface area contributed by atoms with Gasteiger partial charge in [-0.25, -0.2) is 4.79 Å². The lowest BCUT2D eigenvalue weighted by molar-refractivity contribution is 0.0195. The van der Waals surface area contributed by atoms with E-state index in [0.29, 0.717) is 17.5 Å². The largest absolute Gasteiger partial charge is 0.508 e. The standard InChI is InChI=1S/C24H31NO4/c1-4-10-20(25(5-2)6-3)17-22(23(27)18-13-15-21(26)16-14-18)29-24(28)19-11-8-7-9-12-19/h7-9,11-16,20,22,26H,4-6,10,17H2,1-3H3. The molecule has 1 N–H and O–H groups in total. The van der Waals surface area contributed by atoms with E-state index in [4.69, 9.17) is 4.74 Å². The van der Waals surface area contributed by atoms with Gasteiger partial charge in [-0.3, -0.25) is 4.79 Å². The van der Waals surface area contributed by atoms with E-state index < -0.39 is 12.1 Å². The smallest absolute Gasteiger partial charge is 0.338 e. The number of ketones is 1. The minimum atomic E-state index is -0.885. The van der Waals surface area contributed by atoms with Crippen molar-refractivity contribution in [1.82, 2.24) is 4.90 Å². The number of aromatic hydroxyl groups is 1. The normalized spacial score (nSPS) is 13.1. The van der Waals surface area contributed by atoms with E-state index in [2.05, 4.69) is 25.7 Å². The molecule has 2 atom stereocenters. The van der Waals surface area contributed by atoms with Crippen molar-refractivity contribution in [2.24, 2.45) is 0 Å². The Morgan fingerprint density at radius 2 is 1.55 bits per heavy atom. The first kappa shape index (κ1) is 22.6. The minimum absolute atomic E-state index is 0.0892. The summed E-state index contributed by atoms with van der Waals surface area (Å²) in [7, 11) is 0. The molecule has 5 nitrogen and oxygen atoms in total. The Morgan fingerprint density at radius 1 is 0.931 bits per heavy atom. The predicted octanol–water partition coefficient (Wildman–Crippen LogP) is 4.70. The van der Waals surface area contributed by atoms with Gasteiger partial charge in [0.2, 0.25) is 5.78 Å². The molecule has 0 saturated carbocycles. The van der Waals surface area contributed by atoms with Crippen LogP contribution in [0.3, 0.4) is 0 Å². The highest BCUT2D eigenvalue weighted by Gasteiger charge is 2.29. The van der Waals surface area contributed by atoms with Crippen LogP contribution in [0.5, 0.6) is 5.75 Å². The molecule has 156 valence electrons. The van der Waals surface area contributed by atoms with Crippen LogP contribution in [0.2, 0.25) is 0 Å². The van der Waals surface area contributed by atoms with E-state index in [0.717, 1.165) is 25.9 Å². The highest BCUT2D eigenvalue weighted by Crippen LogP contribution is 2.21. The van der Waals surface area contributed by atoms with Gasteiger partial charge in [-0.2, -0.15) is 0 Å². The zero-order valence-electron chi connectivity index (χ0n) is 17.5. The zero-order chi connectivity index (χ0) is 21.2. The average molecular weight is 398 g/mol. The van der Waals surface area contributed by atoms with Gasteiger partial charge in [0.05, 0.1) is 5.56 Å². The van der Waals surface area contributed by atoms with Gasteiger partial charge in [-0.15, -0.1) is 0 Å². The quantitative estimate of drug-likeness (QED) is 0.440. The number of benzene rings is 2. The van der Waals surface area contributed by atoms with E-state index in [9.17, 15) is 14.7 Å². The predicted molar refractivity (Wildman–Crippen MR) is 114 cm³/mol. The third-order valence-corrected chi connectivity index (χ3v) is 5.14. The maximum atomic E-state index is 13.2. The lowest BCUT2D eigenvalue weighted by Crippen LogP contribution is -2.41. The van der Waals surface area contributed by atoms with Crippen molar-refractivity contribution in [3.05, 3.63) is 65.7 Å². The number of hydrogen-bond acceptors (Lipinski definition) is 5. The van der Waals surface area contributed by atoms with Crippen molar-refractivity contribution in [2.75, 3.05) is 13.1 Å². The molecule has 0 aromatic heterocycles. The van der Waals surface area contributed by atoms with Crippen molar-refractivity contribution in [3.63, 3.8) is 0 Å². The van der Waals surface area contributed by atoms with Gasteiger partial charge >= 0.3 is 5.97 Å². The first-order valence-electron chi connectivity index (χ1n) is 10.3. The number of ether oxygens (including phenoxy) is 1. The molecule has 2 aromatic carbocycles. The van der Waals surface area contributed by atoms with Crippen LogP contribution in [0.25, 0.3) is 0 Å². The molecular formula is C24H31NO4. The van der Waals surface area contributed by atoms with E-state index in [1.165, 1.54) is 12.1 Å². The summed E-state index contributed by atoms with van der Waals surface area (Å²) in [5, 5.41) is 9.52. The lowest BCUT2D eigenvalue weighted by Gasteiger charge is -2.32. The Kier molecular flexibility index (Phi) is 8.87. The molecule has 0 amide bonds. The third-order valence-electron chi connectivity index (χ3n) is 5.14. The number of Topliss-reactive ketones (excluding diaryl/α,β-unsaturated/α-hetero) is 1. The van der Waals surface area contributed by atoms with Crippen LogP contribution in [0.4, 0.5) is 0 Å². The third kappa shape index (κ3) is 6.43. The van der Waals surface area contributed by atoms with E-state index in [1.54, 1.807) is 36.4 Å². The van der Waals surface area contributed by atoms with Crippen LogP contribution >= 0.6 is 0 Å². The maximum absolute atomic E-state index is 13.2. The second-order valence-electron chi connectivity index (χ2n) is 7.07. The molecule has 2 aromatic rings. The number of phenolic OH excluding ortho intramolecular Hbond substituents is 1. The summed E-state index contributed by atoms with van der Waals surface area (Å²) < 4.78 is 5.72. The highest BCUT2D eigenvalue weighted by molar-refractivity contribution is 6.01. The Balaban J connectivity index is 2.29. The molecule has 2 unspecified atom stereocenters. The summed E-state index contributed by atoms with van der Waals surface area (Å²) in [6, 6.07) is 14.9. The maximum Gasteiger partial charge on any atom is 0.338 e. The van der Waals surface area contributed by atoms with Crippen molar-refractivity contribution < 1.29 is 19.4 Å². The summed E-state index contributed by atoms with van der Waals surface area (Å²) in [6.07, 6.45) is 1.45. The summed E-state index contributed by atoms with van der Waals surface area (Å²) in [5.41, 5.74) is 0.842. The fourth-order valence-corrected chi connectivity index (χ4v) is 3.56. The van der Waals surface area contributed by atoms with Gasteiger partial charge in [0.1, 0.15) is 5.75 Å². The van der Waals surface area contributed by atoms with E-state index in [-0.39, 0.29) is 17.6 Å². The zero-order valence-corrected chi connectivity index (χ0v) is 17.5. The molecule has 0 fully saturated rings. The van der Waals surface area contributed by atoms with Gasteiger partial charge in [0.15, 0.2) is 6.10 Å². The number of hydrogen-bond donors (Lipinski definition) is 1. The molecule has 29 heavy (non-hydrogen) atoms. The molecular weight excluding hydrogens is 366 g/mol. The Labute approximate surface area is 173 Å². The Hall–Kier alpha value is -2.66. The van der Waals surface area contributed by atoms with Gasteiger partial charge in [-0.1, -0.05) is 45.4 Å².